The van der Waals surface area contributed by atoms with Crippen LogP contribution in [-0.4, -0.2) is 18.2 Å². The highest BCUT2D eigenvalue weighted by atomic mass is 35.5. The minimum absolute atomic E-state index is 0.783. The van der Waals surface area contributed by atoms with Crippen LogP contribution in [0.4, 0.5) is 0 Å². The molecule has 0 radical (unpaired) electrons. The van der Waals surface area contributed by atoms with Gasteiger partial charge in [-0.25, -0.2) is 0 Å². The van der Waals surface area contributed by atoms with Crippen molar-refractivity contribution in [1.29, 1.82) is 0 Å². The largest absolute Gasteiger partial charge is 0.361 e. The van der Waals surface area contributed by atoms with Crippen LogP contribution in [-0.2, 0) is 0 Å². The van der Waals surface area contributed by atoms with Crippen LogP contribution in [0.2, 0.25) is 0 Å². The summed E-state index contributed by atoms with van der Waals surface area (Å²) in [4.78, 5) is 0. The SMILES string of the molecule is Cc1cc(C2=C(Cl)CCNC2)no1. The van der Waals surface area contributed by atoms with Crippen molar-refractivity contribution in [1.82, 2.24) is 10.5 Å². The molecule has 1 N–H and O–H groups in total. The summed E-state index contributed by atoms with van der Waals surface area (Å²) in [7, 11) is 0. The molecule has 2 heterocycles. The fourth-order valence-corrected chi connectivity index (χ4v) is 1.65. The quantitative estimate of drug-likeness (QED) is 0.750. The molecule has 13 heavy (non-hydrogen) atoms. The van der Waals surface area contributed by atoms with Gasteiger partial charge in [0.15, 0.2) is 0 Å². The first-order valence-corrected chi connectivity index (χ1v) is 4.67. The number of halogens is 1. The number of nitrogens with one attached hydrogen (secondary N) is 1. The van der Waals surface area contributed by atoms with Crippen molar-refractivity contribution in [3.8, 4) is 0 Å². The van der Waals surface area contributed by atoms with E-state index in [9.17, 15) is 0 Å². The zero-order chi connectivity index (χ0) is 9.26. The summed E-state index contributed by atoms with van der Waals surface area (Å²) in [5.41, 5.74) is 1.92. The lowest BCUT2D eigenvalue weighted by Gasteiger charge is -2.14. The molecule has 0 unspecified atom stereocenters. The average molecular weight is 199 g/mol. The first-order chi connectivity index (χ1) is 6.27. The summed E-state index contributed by atoms with van der Waals surface area (Å²) in [6.07, 6.45) is 0.878. The van der Waals surface area contributed by atoms with Gasteiger partial charge in [-0.3, -0.25) is 0 Å². The molecule has 0 atom stereocenters. The van der Waals surface area contributed by atoms with Gasteiger partial charge < -0.3 is 9.84 Å². The molecular formula is C9H11ClN2O. The molecule has 1 aliphatic rings. The van der Waals surface area contributed by atoms with E-state index in [4.69, 9.17) is 16.1 Å². The van der Waals surface area contributed by atoms with Gasteiger partial charge in [0, 0.05) is 29.8 Å². The zero-order valence-electron chi connectivity index (χ0n) is 7.43. The third kappa shape index (κ3) is 1.76. The average Bonchev–Trinajstić information content (AvgIpc) is 2.53. The monoisotopic (exact) mass is 198 g/mol. The van der Waals surface area contributed by atoms with Crippen LogP contribution in [0.5, 0.6) is 0 Å². The second-order valence-corrected chi connectivity index (χ2v) is 3.59. The Morgan fingerprint density at radius 1 is 1.62 bits per heavy atom. The van der Waals surface area contributed by atoms with Crippen molar-refractivity contribution in [2.45, 2.75) is 13.3 Å². The fourth-order valence-electron chi connectivity index (χ4n) is 1.40. The maximum Gasteiger partial charge on any atom is 0.134 e. The smallest absolute Gasteiger partial charge is 0.134 e. The number of hydrogen-bond acceptors (Lipinski definition) is 3. The van der Waals surface area contributed by atoms with Crippen molar-refractivity contribution in [3.05, 3.63) is 22.6 Å². The molecule has 0 aromatic carbocycles. The lowest BCUT2D eigenvalue weighted by atomic mass is 10.1. The van der Waals surface area contributed by atoms with Gasteiger partial charge in [-0.1, -0.05) is 16.8 Å². The summed E-state index contributed by atoms with van der Waals surface area (Å²) in [6, 6.07) is 1.91. The van der Waals surface area contributed by atoms with Crippen LogP contribution < -0.4 is 5.32 Å². The summed E-state index contributed by atoms with van der Waals surface area (Å²) in [5, 5.41) is 8.08. The van der Waals surface area contributed by atoms with Gasteiger partial charge in [-0.05, 0) is 13.3 Å². The maximum atomic E-state index is 6.08. The number of nitrogens with zero attached hydrogens (tertiary/aromatic N) is 1. The van der Waals surface area contributed by atoms with Crippen molar-refractivity contribution in [2.24, 2.45) is 0 Å². The van der Waals surface area contributed by atoms with Crippen LogP contribution in [0.3, 0.4) is 0 Å². The fraction of sp³-hybridized carbons (Fsp3) is 0.444. The molecule has 0 saturated carbocycles. The number of hydrogen-bond donors (Lipinski definition) is 1. The van der Waals surface area contributed by atoms with E-state index >= 15 is 0 Å². The highest BCUT2D eigenvalue weighted by Gasteiger charge is 2.15. The number of aromatic nitrogens is 1. The molecule has 2 rings (SSSR count). The van der Waals surface area contributed by atoms with Crippen LogP contribution >= 0.6 is 11.6 Å². The first-order valence-electron chi connectivity index (χ1n) is 4.29. The Balaban J connectivity index is 2.34. The second-order valence-electron chi connectivity index (χ2n) is 3.13. The van der Waals surface area contributed by atoms with Gasteiger partial charge in [-0.15, -0.1) is 0 Å². The molecule has 0 spiro atoms. The predicted octanol–water partition coefficient (Wildman–Crippen LogP) is 1.93. The van der Waals surface area contributed by atoms with E-state index in [-0.39, 0.29) is 0 Å². The van der Waals surface area contributed by atoms with Crippen molar-refractivity contribution >= 4 is 17.2 Å². The van der Waals surface area contributed by atoms with Gasteiger partial charge in [0.1, 0.15) is 11.5 Å². The Hall–Kier alpha value is -0.800. The Bertz CT molecular complexity index is 343. The van der Waals surface area contributed by atoms with E-state index in [0.717, 1.165) is 41.6 Å². The Morgan fingerprint density at radius 2 is 2.46 bits per heavy atom. The van der Waals surface area contributed by atoms with E-state index in [0.29, 0.717) is 0 Å². The van der Waals surface area contributed by atoms with E-state index in [2.05, 4.69) is 10.5 Å². The Morgan fingerprint density at radius 3 is 3.08 bits per heavy atom. The Kier molecular flexibility index (Phi) is 2.38. The van der Waals surface area contributed by atoms with Gasteiger partial charge in [0.2, 0.25) is 0 Å². The van der Waals surface area contributed by atoms with Crippen LogP contribution in [0.1, 0.15) is 17.9 Å². The molecule has 3 nitrogen and oxygen atoms in total. The summed E-state index contributed by atoms with van der Waals surface area (Å²) >= 11 is 6.08. The van der Waals surface area contributed by atoms with E-state index in [1.165, 1.54) is 0 Å². The van der Waals surface area contributed by atoms with Crippen LogP contribution in [0.15, 0.2) is 15.6 Å². The molecule has 0 saturated heterocycles. The van der Waals surface area contributed by atoms with Crippen molar-refractivity contribution in [3.63, 3.8) is 0 Å². The van der Waals surface area contributed by atoms with Crippen LogP contribution in [0, 0.1) is 6.92 Å². The van der Waals surface area contributed by atoms with Crippen molar-refractivity contribution in [2.75, 3.05) is 13.1 Å². The minimum Gasteiger partial charge on any atom is -0.361 e. The number of rotatable bonds is 1. The van der Waals surface area contributed by atoms with Crippen molar-refractivity contribution < 1.29 is 4.52 Å². The lowest BCUT2D eigenvalue weighted by molar-refractivity contribution is 0.395. The third-order valence-corrected chi connectivity index (χ3v) is 2.50. The summed E-state index contributed by atoms with van der Waals surface area (Å²) < 4.78 is 5.00. The van der Waals surface area contributed by atoms with Gasteiger partial charge >= 0.3 is 0 Å². The molecule has 4 heteroatoms. The van der Waals surface area contributed by atoms with Crippen LogP contribution in [0.25, 0.3) is 5.57 Å². The minimum atomic E-state index is 0.783. The highest BCUT2D eigenvalue weighted by Crippen LogP contribution is 2.25. The standard InChI is InChI=1S/C9H11ClN2O/c1-6-4-9(12-13-6)7-5-11-3-2-8(7)10/h4,11H,2-3,5H2,1H3. The maximum absolute atomic E-state index is 6.08. The van der Waals surface area contributed by atoms with E-state index in [1.807, 2.05) is 13.0 Å². The summed E-state index contributed by atoms with van der Waals surface area (Å²) in [5.74, 6) is 0.817. The molecular weight excluding hydrogens is 188 g/mol. The first kappa shape index (κ1) is 8.78. The van der Waals surface area contributed by atoms with Gasteiger partial charge in [0.05, 0.1) is 0 Å². The molecule has 1 aromatic heterocycles. The lowest BCUT2D eigenvalue weighted by Crippen LogP contribution is -2.23. The normalized spacial score (nSPS) is 18.0. The molecule has 1 aliphatic heterocycles. The van der Waals surface area contributed by atoms with Gasteiger partial charge in [0.25, 0.3) is 0 Å². The highest BCUT2D eigenvalue weighted by molar-refractivity contribution is 6.32. The second kappa shape index (κ2) is 3.52. The van der Waals surface area contributed by atoms with E-state index in [1.54, 1.807) is 0 Å². The number of aryl methyl sites for hydroxylation is 1. The van der Waals surface area contributed by atoms with Gasteiger partial charge in [-0.2, -0.15) is 0 Å². The molecule has 0 aliphatic carbocycles. The molecule has 0 amide bonds. The molecule has 0 fully saturated rings. The summed E-state index contributed by atoms with van der Waals surface area (Å²) in [6.45, 7) is 3.60. The van der Waals surface area contributed by atoms with E-state index < -0.39 is 0 Å². The zero-order valence-corrected chi connectivity index (χ0v) is 8.19. The molecule has 0 bridgehead atoms. The predicted molar refractivity (Wildman–Crippen MR) is 51.5 cm³/mol. The third-order valence-electron chi connectivity index (χ3n) is 2.09. The Labute approximate surface area is 81.7 Å². The molecule has 1 aromatic rings. The topological polar surface area (TPSA) is 38.1 Å². The molecule has 70 valence electrons.